The summed E-state index contributed by atoms with van der Waals surface area (Å²) in [5.74, 6) is 0.598. The van der Waals surface area contributed by atoms with E-state index in [0.29, 0.717) is 23.8 Å². The van der Waals surface area contributed by atoms with Gasteiger partial charge in [0.2, 0.25) is 5.89 Å². The van der Waals surface area contributed by atoms with Crippen LogP contribution in [0.5, 0.6) is 0 Å². The fourth-order valence-corrected chi connectivity index (χ4v) is 2.03. The van der Waals surface area contributed by atoms with Crippen LogP contribution in [0, 0.1) is 6.92 Å². The van der Waals surface area contributed by atoms with Crippen molar-refractivity contribution in [3.05, 3.63) is 69.7 Å². The Balaban J connectivity index is 1.81. The molecule has 8 heteroatoms. The van der Waals surface area contributed by atoms with Gasteiger partial charge in [-0.05, 0) is 24.6 Å². The number of hydrogen-bond donors (Lipinski definition) is 2. The van der Waals surface area contributed by atoms with E-state index in [1.54, 1.807) is 19.1 Å². The summed E-state index contributed by atoms with van der Waals surface area (Å²) < 4.78 is 5.10. The molecule has 0 saturated heterocycles. The van der Waals surface area contributed by atoms with E-state index in [2.05, 4.69) is 25.7 Å². The monoisotopic (exact) mass is 311 g/mol. The third-order valence-corrected chi connectivity index (χ3v) is 3.09. The highest BCUT2D eigenvalue weighted by Crippen LogP contribution is 2.19. The highest BCUT2D eigenvalue weighted by atomic mass is 16.5. The molecule has 0 radical (unpaired) electrons. The van der Waals surface area contributed by atoms with Crippen molar-refractivity contribution in [1.82, 2.24) is 20.3 Å². The first-order valence-corrected chi connectivity index (χ1v) is 6.86. The summed E-state index contributed by atoms with van der Waals surface area (Å²) in [5, 5.41) is 12.4. The molecule has 0 saturated carbocycles. The highest BCUT2D eigenvalue weighted by Gasteiger charge is 2.12. The van der Waals surface area contributed by atoms with Gasteiger partial charge in [-0.2, -0.15) is 10.1 Å². The number of aromatic nitrogens is 4. The first-order valence-electron chi connectivity index (χ1n) is 6.86. The van der Waals surface area contributed by atoms with Crippen molar-refractivity contribution in [3.8, 4) is 0 Å². The van der Waals surface area contributed by atoms with Gasteiger partial charge >= 0.3 is 0 Å². The first-order chi connectivity index (χ1) is 11.1. The van der Waals surface area contributed by atoms with Gasteiger partial charge in [0.1, 0.15) is 5.69 Å². The number of nitrogens with zero attached hydrogens (tertiary/aromatic N) is 3. The van der Waals surface area contributed by atoms with E-state index in [9.17, 15) is 9.59 Å². The van der Waals surface area contributed by atoms with E-state index in [-0.39, 0.29) is 11.3 Å². The Morgan fingerprint density at radius 1 is 1.26 bits per heavy atom. The predicted octanol–water partition coefficient (Wildman–Crippen LogP) is 1.30. The van der Waals surface area contributed by atoms with Crippen LogP contribution in [0.15, 0.2) is 45.7 Å². The molecule has 3 rings (SSSR count). The number of aryl methyl sites for hydroxylation is 1. The first kappa shape index (κ1) is 14.6. The van der Waals surface area contributed by atoms with Gasteiger partial charge in [0, 0.05) is 11.8 Å². The van der Waals surface area contributed by atoms with Crippen LogP contribution in [0.2, 0.25) is 0 Å². The molecule has 23 heavy (non-hydrogen) atoms. The van der Waals surface area contributed by atoms with E-state index >= 15 is 0 Å². The molecule has 0 aliphatic carbocycles. The molecule has 0 aliphatic heterocycles. The maximum absolute atomic E-state index is 12.2. The van der Waals surface area contributed by atoms with Crippen LogP contribution in [0.1, 0.15) is 27.8 Å². The van der Waals surface area contributed by atoms with Crippen LogP contribution in [-0.2, 0) is 6.42 Å². The lowest BCUT2D eigenvalue weighted by molar-refractivity contribution is 0.102. The van der Waals surface area contributed by atoms with E-state index < -0.39 is 5.91 Å². The summed E-state index contributed by atoms with van der Waals surface area (Å²) in [5.41, 5.74) is 1.19. The van der Waals surface area contributed by atoms with Crippen LogP contribution in [0.4, 0.5) is 5.69 Å². The van der Waals surface area contributed by atoms with Gasteiger partial charge in [-0.15, -0.1) is 0 Å². The third-order valence-electron chi connectivity index (χ3n) is 3.09. The van der Waals surface area contributed by atoms with Crippen LogP contribution in [-0.4, -0.2) is 26.2 Å². The minimum absolute atomic E-state index is 0.119. The molecule has 0 spiro atoms. The fourth-order valence-electron chi connectivity index (χ4n) is 2.03. The molecule has 0 aliphatic rings. The second-order valence-electron chi connectivity index (χ2n) is 4.83. The average molecular weight is 311 g/mol. The number of para-hydroxylation sites is 1. The van der Waals surface area contributed by atoms with Crippen LogP contribution in [0.25, 0.3) is 0 Å². The zero-order valence-electron chi connectivity index (χ0n) is 12.2. The van der Waals surface area contributed by atoms with Crippen molar-refractivity contribution in [3.63, 3.8) is 0 Å². The molecule has 0 fully saturated rings. The fraction of sp³-hybridized carbons (Fsp3) is 0.133. The van der Waals surface area contributed by atoms with Crippen LogP contribution in [0.3, 0.4) is 0 Å². The number of nitrogens with one attached hydrogen (secondary N) is 2. The number of benzene rings is 1. The predicted molar refractivity (Wildman–Crippen MR) is 81.1 cm³/mol. The normalized spacial score (nSPS) is 10.5. The number of amides is 1. The highest BCUT2D eigenvalue weighted by molar-refractivity contribution is 6.03. The molecule has 8 nitrogen and oxygen atoms in total. The lowest BCUT2D eigenvalue weighted by atomic mass is 10.1. The largest absolute Gasteiger partial charge is 0.339 e. The Hall–Kier alpha value is -3.29. The Morgan fingerprint density at radius 2 is 2.09 bits per heavy atom. The van der Waals surface area contributed by atoms with Crippen molar-refractivity contribution in [1.29, 1.82) is 0 Å². The maximum atomic E-state index is 12.2. The molecule has 2 heterocycles. The third kappa shape index (κ3) is 3.49. The zero-order chi connectivity index (χ0) is 16.2. The molecule has 1 amide bonds. The van der Waals surface area contributed by atoms with Gasteiger partial charge in [0.15, 0.2) is 5.82 Å². The summed E-state index contributed by atoms with van der Waals surface area (Å²) in [6, 6.07) is 9.88. The van der Waals surface area contributed by atoms with Gasteiger partial charge in [0.25, 0.3) is 11.5 Å². The molecule has 0 atom stereocenters. The number of anilines is 1. The minimum Gasteiger partial charge on any atom is -0.339 e. The molecular weight excluding hydrogens is 298 g/mol. The van der Waals surface area contributed by atoms with Gasteiger partial charge in [0.05, 0.1) is 6.42 Å². The summed E-state index contributed by atoms with van der Waals surface area (Å²) in [6.07, 6.45) is 0.399. The lowest BCUT2D eigenvalue weighted by Crippen LogP contribution is -2.18. The molecule has 2 aromatic heterocycles. The van der Waals surface area contributed by atoms with E-state index in [1.165, 1.54) is 12.1 Å². The number of aromatic amines is 1. The maximum Gasteiger partial charge on any atom is 0.276 e. The second-order valence-corrected chi connectivity index (χ2v) is 4.83. The number of rotatable bonds is 4. The van der Waals surface area contributed by atoms with Crippen LogP contribution >= 0.6 is 0 Å². The molecule has 0 bridgehead atoms. The smallest absolute Gasteiger partial charge is 0.276 e. The summed E-state index contributed by atoms with van der Waals surface area (Å²) in [4.78, 5) is 27.3. The van der Waals surface area contributed by atoms with Gasteiger partial charge in [-0.3, -0.25) is 9.59 Å². The van der Waals surface area contributed by atoms with Crippen LogP contribution < -0.4 is 10.9 Å². The Morgan fingerprint density at radius 3 is 2.78 bits per heavy atom. The summed E-state index contributed by atoms with van der Waals surface area (Å²) in [7, 11) is 0. The van der Waals surface area contributed by atoms with Gasteiger partial charge in [-0.1, -0.05) is 23.4 Å². The zero-order valence-corrected chi connectivity index (χ0v) is 12.2. The molecule has 3 aromatic rings. The van der Waals surface area contributed by atoms with Crippen molar-refractivity contribution < 1.29 is 9.32 Å². The molecule has 2 N–H and O–H groups in total. The Kier molecular flexibility index (Phi) is 3.96. The Bertz CT molecular complexity index is 879. The molecule has 1 aromatic carbocycles. The second kappa shape index (κ2) is 6.22. The number of carbonyl (C=O) groups excluding carboxylic acids is 1. The van der Waals surface area contributed by atoms with E-state index in [0.717, 1.165) is 5.56 Å². The van der Waals surface area contributed by atoms with Gasteiger partial charge in [-0.25, -0.2) is 5.10 Å². The quantitative estimate of drug-likeness (QED) is 0.751. The topological polar surface area (TPSA) is 114 Å². The molecule has 116 valence electrons. The summed E-state index contributed by atoms with van der Waals surface area (Å²) >= 11 is 0. The van der Waals surface area contributed by atoms with Gasteiger partial charge < -0.3 is 9.84 Å². The number of H-pyrrole nitrogens is 1. The van der Waals surface area contributed by atoms with Crippen molar-refractivity contribution in [2.45, 2.75) is 13.3 Å². The number of carbonyl (C=O) groups is 1. The average Bonchev–Trinajstić information content (AvgIpc) is 2.95. The van der Waals surface area contributed by atoms with E-state index in [4.69, 9.17) is 4.52 Å². The minimum atomic E-state index is -0.421. The standard InChI is InChI=1S/C15H13N5O3/c1-9-16-14(23-20-9)8-10-4-2-3-5-11(10)17-15(22)12-6-7-13(21)19-18-12/h2-7H,8H2,1H3,(H,17,22)(H,19,21). The molecule has 0 unspecified atom stereocenters. The van der Waals surface area contributed by atoms with Crippen molar-refractivity contribution >= 4 is 11.6 Å². The van der Waals surface area contributed by atoms with Crippen molar-refractivity contribution in [2.75, 3.05) is 5.32 Å². The summed E-state index contributed by atoms with van der Waals surface area (Å²) in [6.45, 7) is 1.74. The Labute approximate surface area is 130 Å². The van der Waals surface area contributed by atoms with Crippen molar-refractivity contribution in [2.24, 2.45) is 0 Å². The number of hydrogen-bond acceptors (Lipinski definition) is 6. The van der Waals surface area contributed by atoms with E-state index in [1.807, 2.05) is 12.1 Å². The SMILES string of the molecule is Cc1noc(Cc2ccccc2NC(=O)c2ccc(=O)[nH]n2)n1. The molecular formula is C15H13N5O3. The lowest BCUT2D eigenvalue weighted by Gasteiger charge is -2.09.